The van der Waals surface area contributed by atoms with E-state index in [0.29, 0.717) is 0 Å². The predicted molar refractivity (Wildman–Crippen MR) is 70.0 cm³/mol. The molecule has 1 heterocycles. The number of carbonyl (C=O) groups is 1. The van der Waals surface area contributed by atoms with E-state index >= 15 is 0 Å². The molecule has 0 radical (unpaired) electrons. The maximum absolute atomic E-state index is 13.8. The molecule has 0 spiro atoms. The van der Waals surface area contributed by atoms with E-state index in [1.165, 1.54) is 0 Å². The first-order chi connectivity index (χ1) is 9.94. The Kier molecular flexibility index (Phi) is 4.74. The van der Waals surface area contributed by atoms with Crippen LogP contribution in [-0.2, 0) is 16.1 Å². The molecule has 116 valence electrons. The van der Waals surface area contributed by atoms with Crippen LogP contribution in [-0.4, -0.2) is 54.4 Å². The number of piperidine rings is 1. The van der Waals surface area contributed by atoms with Crippen molar-refractivity contribution in [1.29, 1.82) is 0 Å². The van der Waals surface area contributed by atoms with Crippen molar-refractivity contribution < 1.29 is 28.2 Å². The summed E-state index contributed by atoms with van der Waals surface area (Å²) in [6.07, 6.45) is -3.95. The van der Waals surface area contributed by atoms with Gasteiger partial charge in [0.05, 0.1) is 13.1 Å². The van der Waals surface area contributed by atoms with Crippen LogP contribution in [0.4, 0.5) is 13.6 Å². The van der Waals surface area contributed by atoms with Gasteiger partial charge in [-0.2, -0.15) is 0 Å². The molecule has 0 saturated carbocycles. The zero-order valence-corrected chi connectivity index (χ0v) is 11.5. The van der Waals surface area contributed by atoms with Crippen molar-refractivity contribution in [3.63, 3.8) is 0 Å². The largest absolute Gasteiger partial charge is 0.445 e. The van der Waals surface area contributed by atoms with Crippen LogP contribution in [0.15, 0.2) is 30.3 Å². The molecule has 5 nitrogen and oxygen atoms in total. The van der Waals surface area contributed by atoms with Crippen molar-refractivity contribution in [3.05, 3.63) is 35.9 Å². The van der Waals surface area contributed by atoms with E-state index in [1.54, 1.807) is 24.3 Å². The quantitative estimate of drug-likeness (QED) is 0.922. The molecule has 1 aliphatic heterocycles. The van der Waals surface area contributed by atoms with Gasteiger partial charge < -0.3 is 14.6 Å². The number of β-amino-alcohol motifs (C(OH)–C–C–N with tert-alkyl or cyclic N) is 1. The van der Waals surface area contributed by atoms with Gasteiger partial charge in [0.1, 0.15) is 18.8 Å². The lowest BCUT2D eigenvalue weighted by Crippen LogP contribution is -2.61. The second-order valence-corrected chi connectivity index (χ2v) is 4.91. The van der Waals surface area contributed by atoms with Gasteiger partial charge in [-0.1, -0.05) is 30.3 Å². The lowest BCUT2D eigenvalue weighted by molar-refractivity contribution is -0.199. The number of halogens is 2. The number of nitrogens with zero attached hydrogens (tertiary/aromatic N) is 1. The molecule has 2 rings (SSSR count). The Bertz CT molecular complexity index is 483. The molecule has 7 heteroatoms. The smallest absolute Gasteiger partial charge is 0.410 e. The van der Waals surface area contributed by atoms with Crippen LogP contribution in [0.3, 0.4) is 0 Å². The number of methoxy groups -OCH3 is 1. The van der Waals surface area contributed by atoms with Gasteiger partial charge >= 0.3 is 6.09 Å². The molecule has 21 heavy (non-hydrogen) atoms. The average molecular weight is 301 g/mol. The minimum Gasteiger partial charge on any atom is -0.445 e. The highest BCUT2D eigenvalue weighted by Crippen LogP contribution is 2.30. The summed E-state index contributed by atoms with van der Waals surface area (Å²) >= 11 is 0. The minimum atomic E-state index is -3.32. The highest BCUT2D eigenvalue weighted by Gasteiger charge is 2.51. The average Bonchev–Trinajstić information content (AvgIpc) is 2.44. The molecule has 1 saturated heterocycles. The van der Waals surface area contributed by atoms with Crippen LogP contribution in [0.25, 0.3) is 0 Å². The van der Waals surface area contributed by atoms with Crippen LogP contribution in [0, 0.1) is 0 Å². The number of amides is 1. The lowest BCUT2D eigenvalue weighted by Gasteiger charge is -2.39. The summed E-state index contributed by atoms with van der Waals surface area (Å²) in [6.45, 7) is -1.09. The summed E-state index contributed by atoms with van der Waals surface area (Å²) in [4.78, 5) is 12.6. The zero-order chi connectivity index (χ0) is 15.5. The summed E-state index contributed by atoms with van der Waals surface area (Å²) in [5.74, 6) is -3.32. The van der Waals surface area contributed by atoms with Crippen molar-refractivity contribution in [2.75, 3.05) is 20.2 Å². The van der Waals surface area contributed by atoms with E-state index in [9.17, 15) is 18.7 Å². The Labute approximate surface area is 121 Å². The monoisotopic (exact) mass is 301 g/mol. The number of benzene rings is 1. The Morgan fingerprint density at radius 2 is 2.10 bits per heavy atom. The molecule has 0 aliphatic carbocycles. The van der Waals surface area contributed by atoms with Crippen LogP contribution in [0.1, 0.15) is 5.56 Å². The number of aliphatic hydroxyl groups is 1. The second-order valence-electron chi connectivity index (χ2n) is 4.91. The minimum absolute atomic E-state index is 0.00839. The van der Waals surface area contributed by atoms with Crippen molar-refractivity contribution in [1.82, 2.24) is 4.90 Å². The predicted octanol–water partition coefficient (Wildman–Crippen LogP) is 1.65. The summed E-state index contributed by atoms with van der Waals surface area (Å²) in [5.41, 5.74) is 0.755. The van der Waals surface area contributed by atoms with Crippen molar-refractivity contribution in [2.45, 2.75) is 24.7 Å². The van der Waals surface area contributed by atoms with Crippen LogP contribution < -0.4 is 0 Å². The number of carbonyl (C=O) groups excluding carboxylic acids is 1. The third kappa shape index (κ3) is 3.68. The fraction of sp³-hybridized carbons (Fsp3) is 0.500. The number of ether oxygens (including phenoxy) is 2. The third-order valence-electron chi connectivity index (χ3n) is 3.29. The molecule has 2 atom stereocenters. The molecule has 1 N–H and O–H groups in total. The molecule has 1 amide bonds. The molecule has 1 aromatic carbocycles. The lowest BCUT2D eigenvalue weighted by atomic mass is 10.0. The maximum atomic E-state index is 13.8. The Morgan fingerprint density at radius 3 is 2.67 bits per heavy atom. The van der Waals surface area contributed by atoms with Gasteiger partial charge in [-0.3, -0.25) is 4.90 Å². The summed E-state index contributed by atoms with van der Waals surface area (Å²) in [7, 11) is 1.10. The van der Waals surface area contributed by atoms with Gasteiger partial charge in [-0.25, -0.2) is 13.6 Å². The van der Waals surface area contributed by atoms with Gasteiger partial charge in [0.2, 0.25) is 0 Å². The van der Waals surface area contributed by atoms with E-state index in [2.05, 4.69) is 4.74 Å². The number of hydrogen-bond acceptors (Lipinski definition) is 4. The normalized spacial score (nSPS) is 24.7. The molecule has 0 bridgehead atoms. The number of rotatable bonds is 3. The summed E-state index contributed by atoms with van der Waals surface area (Å²) < 4.78 is 37.1. The number of likely N-dealkylation sites (tertiary alicyclic amines) is 1. The van der Waals surface area contributed by atoms with E-state index in [4.69, 9.17) is 4.74 Å². The first-order valence-electron chi connectivity index (χ1n) is 6.48. The van der Waals surface area contributed by atoms with E-state index in [1.807, 2.05) is 6.07 Å². The van der Waals surface area contributed by atoms with Gasteiger partial charge in [-0.15, -0.1) is 0 Å². The molecule has 1 aliphatic rings. The summed E-state index contributed by atoms with van der Waals surface area (Å²) in [6, 6.07) is 8.90. The first kappa shape index (κ1) is 15.7. The van der Waals surface area contributed by atoms with Crippen molar-refractivity contribution in [3.8, 4) is 0 Å². The number of alkyl halides is 2. The molecule has 0 aromatic heterocycles. The molecular formula is C14H17F2NO4. The standard InChI is InChI=1S/C14H17F2NO4/c1-20-12-11(18)7-17(9-14(12,15)16)13(19)21-8-10-5-3-2-4-6-10/h2-6,11-12,18H,7-9H2,1H3/t11-,12-/m0/s1. The van der Waals surface area contributed by atoms with Crippen LogP contribution in [0.5, 0.6) is 0 Å². The van der Waals surface area contributed by atoms with Crippen LogP contribution >= 0.6 is 0 Å². The number of hydrogen-bond donors (Lipinski definition) is 1. The second kappa shape index (κ2) is 6.36. The Hall–Kier alpha value is -1.73. The van der Waals surface area contributed by atoms with Crippen molar-refractivity contribution in [2.24, 2.45) is 0 Å². The Morgan fingerprint density at radius 1 is 1.43 bits per heavy atom. The van der Waals surface area contributed by atoms with E-state index < -0.39 is 30.8 Å². The topological polar surface area (TPSA) is 59.0 Å². The zero-order valence-electron chi connectivity index (χ0n) is 11.5. The van der Waals surface area contributed by atoms with Gasteiger partial charge in [-0.05, 0) is 5.56 Å². The number of aliphatic hydroxyl groups excluding tert-OH is 1. The Balaban J connectivity index is 1.94. The highest BCUT2D eigenvalue weighted by molar-refractivity contribution is 5.68. The van der Waals surface area contributed by atoms with Gasteiger partial charge in [0.15, 0.2) is 0 Å². The molecule has 0 unspecified atom stereocenters. The fourth-order valence-corrected chi connectivity index (χ4v) is 2.29. The first-order valence-corrected chi connectivity index (χ1v) is 6.48. The van der Waals surface area contributed by atoms with Gasteiger partial charge in [0, 0.05) is 7.11 Å². The fourth-order valence-electron chi connectivity index (χ4n) is 2.29. The highest BCUT2D eigenvalue weighted by atomic mass is 19.3. The van der Waals surface area contributed by atoms with Crippen molar-refractivity contribution >= 4 is 6.09 Å². The molecular weight excluding hydrogens is 284 g/mol. The third-order valence-corrected chi connectivity index (χ3v) is 3.29. The van der Waals surface area contributed by atoms with E-state index in [-0.39, 0.29) is 13.2 Å². The van der Waals surface area contributed by atoms with E-state index in [0.717, 1.165) is 17.6 Å². The SMILES string of the molecule is CO[C@H]1[C@@H](O)CN(C(=O)OCc2ccccc2)CC1(F)F. The molecule has 1 fully saturated rings. The summed E-state index contributed by atoms with van der Waals surface area (Å²) in [5, 5.41) is 9.65. The maximum Gasteiger partial charge on any atom is 0.410 e. The van der Waals surface area contributed by atoms with Crippen LogP contribution in [0.2, 0.25) is 0 Å². The van der Waals surface area contributed by atoms with Gasteiger partial charge in [0.25, 0.3) is 5.92 Å². The molecule has 1 aromatic rings.